The van der Waals surface area contributed by atoms with Crippen molar-refractivity contribution in [1.82, 2.24) is 14.3 Å². The Balaban J connectivity index is 1.95. The normalized spacial score (nSPS) is 18.6. The fraction of sp³-hybridized carbons (Fsp3) is 0.333. The maximum absolute atomic E-state index is 12.9. The standard InChI is InChI=1S/C15H16N4O4S/c1-11-3-2-4-14(19(20)21)15(11)24(22,23)18-8-5-12(10-18)13-9-16-6-7-17-13/h2-4,6-7,9,12H,5,8,10H2,1H3. The molecule has 1 aliphatic rings. The second-order valence-electron chi connectivity index (χ2n) is 5.66. The van der Waals surface area contributed by atoms with Crippen molar-refractivity contribution in [3.63, 3.8) is 0 Å². The Kier molecular flexibility index (Phi) is 4.29. The number of hydrogen-bond donors (Lipinski definition) is 0. The molecule has 0 radical (unpaired) electrons. The average molecular weight is 348 g/mol. The minimum absolute atomic E-state index is 0.0588. The van der Waals surface area contributed by atoms with Crippen molar-refractivity contribution < 1.29 is 13.3 Å². The number of nitrogens with zero attached hydrogens (tertiary/aromatic N) is 4. The van der Waals surface area contributed by atoms with Gasteiger partial charge in [-0.15, -0.1) is 0 Å². The third kappa shape index (κ3) is 2.87. The molecule has 0 N–H and O–H groups in total. The molecule has 126 valence electrons. The molecule has 9 heteroatoms. The van der Waals surface area contributed by atoms with Crippen LogP contribution in [0.25, 0.3) is 0 Å². The van der Waals surface area contributed by atoms with Gasteiger partial charge in [0.2, 0.25) is 10.0 Å². The van der Waals surface area contributed by atoms with Gasteiger partial charge >= 0.3 is 0 Å². The summed E-state index contributed by atoms with van der Waals surface area (Å²) in [5.74, 6) is -0.0588. The minimum Gasteiger partial charge on any atom is -0.261 e. The van der Waals surface area contributed by atoms with Gasteiger partial charge in [0.1, 0.15) is 0 Å². The summed E-state index contributed by atoms with van der Waals surface area (Å²) in [6.07, 6.45) is 5.36. The van der Waals surface area contributed by atoms with E-state index in [4.69, 9.17) is 0 Å². The van der Waals surface area contributed by atoms with Gasteiger partial charge < -0.3 is 0 Å². The number of rotatable bonds is 4. The highest BCUT2D eigenvalue weighted by molar-refractivity contribution is 7.89. The lowest BCUT2D eigenvalue weighted by Gasteiger charge is -2.17. The highest BCUT2D eigenvalue weighted by atomic mass is 32.2. The van der Waals surface area contributed by atoms with Gasteiger partial charge in [-0.05, 0) is 18.9 Å². The van der Waals surface area contributed by atoms with E-state index in [1.165, 1.54) is 16.4 Å². The van der Waals surface area contributed by atoms with Gasteiger partial charge in [-0.25, -0.2) is 8.42 Å². The van der Waals surface area contributed by atoms with Gasteiger partial charge in [-0.1, -0.05) is 12.1 Å². The summed E-state index contributed by atoms with van der Waals surface area (Å²) >= 11 is 0. The van der Waals surface area contributed by atoms with E-state index >= 15 is 0 Å². The third-order valence-electron chi connectivity index (χ3n) is 4.14. The summed E-state index contributed by atoms with van der Waals surface area (Å²) in [6, 6.07) is 4.27. The van der Waals surface area contributed by atoms with Gasteiger partial charge in [-0.3, -0.25) is 20.1 Å². The summed E-state index contributed by atoms with van der Waals surface area (Å²) in [5.41, 5.74) is 0.708. The van der Waals surface area contributed by atoms with Crippen LogP contribution < -0.4 is 0 Å². The molecule has 1 aromatic carbocycles. The Morgan fingerprint density at radius 2 is 2.12 bits per heavy atom. The second-order valence-corrected chi connectivity index (χ2v) is 7.53. The Bertz CT molecular complexity index is 870. The maximum Gasteiger partial charge on any atom is 0.289 e. The first kappa shape index (κ1) is 16.5. The molecule has 2 heterocycles. The van der Waals surface area contributed by atoms with Crippen molar-refractivity contribution in [3.8, 4) is 0 Å². The SMILES string of the molecule is Cc1cccc([N+](=O)[O-])c1S(=O)(=O)N1CCC(c2cnccn2)C1. The third-order valence-corrected chi connectivity index (χ3v) is 6.20. The molecule has 1 unspecified atom stereocenters. The van der Waals surface area contributed by atoms with E-state index in [9.17, 15) is 18.5 Å². The van der Waals surface area contributed by atoms with Crippen LogP contribution >= 0.6 is 0 Å². The number of aryl methyl sites for hydroxylation is 1. The Morgan fingerprint density at radius 1 is 1.33 bits per heavy atom. The quantitative estimate of drug-likeness (QED) is 0.617. The average Bonchev–Trinajstić information content (AvgIpc) is 3.06. The predicted octanol–water partition coefficient (Wildman–Crippen LogP) is 1.87. The largest absolute Gasteiger partial charge is 0.289 e. The summed E-state index contributed by atoms with van der Waals surface area (Å²) in [7, 11) is -3.94. The molecule has 8 nitrogen and oxygen atoms in total. The molecule has 24 heavy (non-hydrogen) atoms. The van der Waals surface area contributed by atoms with Crippen LogP contribution in [0, 0.1) is 17.0 Å². The molecule has 1 fully saturated rings. The van der Waals surface area contributed by atoms with Crippen LogP contribution in [0.3, 0.4) is 0 Å². The molecular weight excluding hydrogens is 332 g/mol. The van der Waals surface area contributed by atoms with Crippen molar-refractivity contribution >= 4 is 15.7 Å². The van der Waals surface area contributed by atoms with Crippen LogP contribution in [-0.4, -0.2) is 40.7 Å². The highest BCUT2D eigenvalue weighted by Crippen LogP contribution is 2.34. The first-order chi connectivity index (χ1) is 11.4. The van der Waals surface area contributed by atoms with Crippen LogP contribution in [0.5, 0.6) is 0 Å². The zero-order chi connectivity index (χ0) is 17.3. The van der Waals surface area contributed by atoms with Crippen LogP contribution in [-0.2, 0) is 10.0 Å². The number of sulfonamides is 1. The van der Waals surface area contributed by atoms with E-state index < -0.39 is 20.6 Å². The maximum atomic E-state index is 12.9. The molecule has 1 atom stereocenters. The zero-order valence-electron chi connectivity index (χ0n) is 13.0. The Hall–Kier alpha value is -2.39. The lowest BCUT2D eigenvalue weighted by atomic mass is 10.1. The predicted molar refractivity (Wildman–Crippen MR) is 86.0 cm³/mol. The first-order valence-electron chi connectivity index (χ1n) is 7.41. The molecule has 0 bridgehead atoms. The molecule has 1 saturated heterocycles. The van der Waals surface area contributed by atoms with E-state index in [1.807, 2.05) is 0 Å². The first-order valence-corrected chi connectivity index (χ1v) is 8.85. The van der Waals surface area contributed by atoms with Gasteiger partial charge in [0, 0.05) is 43.7 Å². The molecule has 1 aliphatic heterocycles. The number of nitro groups is 1. The molecule has 1 aromatic heterocycles. The van der Waals surface area contributed by atoms with Gasteiger partial charge in [-0.2, -0.15) is 4.31 Å². The van der Waals surface area contributed by atoms with E-state index in [-0.39, 0.29) is 17.4 Å². The van der Waals surface area contributed by atoms with Crippen LogP contribution in [0.4, 0.5) is 5.69 Å². The van der Waals surface area contributed by atoms with Crippen LogP contribution in [0.15, 0.2) is 41.7 Å². The molecular formula is C15H16N4O4S. The minimum atomic E-state index is -3.94. The molecule has 0 amide bonds. The van der Waals surface area contributed by atoms with E-state index in [2.05, 4.69) is 9.97 Å². The molecule has 2 aromatic rings. The lowest BCUT2D eigenvalue weighted by Crippen LogP contribution is -2.30. The fourth-order valence-electron chi connectivity index (χ4n) is 2.95. The number of hydrogen-bond acceptors (Lipinski definition) is 6. The summed E-state index contributed by atoms with van der Waals surface area (Å²) in [6.45, 7) is 2.11. The topological polar surface area (TPSA) is 106 Å². The number of benzene rings is 1. The summed E-state index contributed by atoms with van der Waals surface area (Å²) < 4.78 is 27.2. The fourth-order valence-corrected chi connectivity index (χ4v) is 4.82. The number of nitro benzene ring substituents is 1. The molecule has 0 aliphatic carbocycles. The van der Waals surface area contributed by atoms with Crippen molar-refractivity contribution in [1.29, 1.82) is 0 Å². The Labute approximate surface area is 139 Å². The van der Waals surface area contributed by atoms with Crippen molar-refractivity contribution in [2.75, 3.05) is 13.1 Å². The van der Waals surface area contributed by atoms with Crippen molar-refractivity contribution in [2.24, 2.45) is 0 Å². The monoisotopic (exact) mass is 348 g/mol. The Morgan fingerprint density at radius 3 is 2.79 bits per heavy atom. The van der Waals surface area contributed by atoms with E-state index in [1.54, 1.807) is 31.6 Å². The van der Waals surface area contributed by atoms with Crippen LogP contribution in [0.1, 0.15) is 23.6 Å². The molecule has 0 saturated carbocycles. The zero-order valence-corrected chi connectivity index (χ0v) is 13.8. The number of aromatic nitrogens is 2. The second kappa shape index (κ2) is 6.25. The summed E-state index contributed by atoms with van der Waals surface area (Å²) in [5, 5.41) is 11.2. The van der Waals surface area contributed by atoms with Gasteiger partial charge in [0.25, 0.3) is 5.69 Å². The van der Waals surface area contributed by atoms with Gasteiger partial charge in [0.05, 0.1) is 10.6 Å². The highest BCUT2D eigenvalue weighted by Gasteiger charge is 2.38. The molecule has 0 spiro atoms. The van der Waals surface area contributed by atoms with E-state index in [0.717, 1.165) is 5.69 Å². The van der Waals surface area contributed by atoms with Crippen molar-refractivity contribution in [3.05, 3.63) is 58.2 Å². The van der Waals surface area contributed by atoms with Gasteiger partial charge in [0.15, 0.2) is 4.90 Å². The van der Waals surface area contributed by atoms with Crippen molar-refractivity contribution in [2.45, 2.75) is 24.2 Å². The smallest absolute Gasteiger partial charge is 0.261 e. The molecule has 3 rings (SSSR count). The lowest BCUT2D eigenvalue weighted by molar-refractivity contribution is -0.387. The van der Waals surface area contributed by atoms with Crippen LogP contribution in [0.2, 0.25) is 0 Å². The summed E-state index contributed by atoms with van der Waals surface area (Å²) in [4.78, 5) is 18.6. The van der Waals surface area contributed by atoms with E-state index in [0.29, 0.717) is 18.5 Å².